The minimum absolute atomic E-state index is 0.00475. The zero-order valence-corrected chi connectivity index (χ0v) is 84.8. The predicted molar refractivity (Wildman–Crippen MR) is 545 cm³/mol. The van der Waals surface area contributed by atoms with Crippen molar-refractivity contribution >= 4 is 136 Å². The molecule has 0 spiro atoms. The monoisotopic (exact) mass is 2070 g/mol. The van der Waals surface area contributed by atoms with Crippen molar-refractivity contribution in [3.05, 3.63) is 35.9 Å². The summed E-state index contributed by atoms with van der Waals surface area (Å²) in [6.07, 6.45) is 4.07. The Balaban J connectivity index is 1.06. The van der Waals surface area contributed by atoms with Crippen molar-refractivity contribution < 1.29 is 81.8 Å². The molecule has 818 valence electrons. The number of likely N-dealkylation sites (tertiary alicyclic amines) is 6. The predicted octanol–water partition coefficient (Wildman–Crippen LogP) is -7.11. The molecule has 6 heterocycles. The molecular formula is C93H159N37O17. The lowest BCUT2D eigenvalue weighted by atomic mass is 9.96. The van der Waals surface area contributed by atoms with Crippen LogP contribution < -0.4 is 131 Å². The molecule has 0 saturated carbocycles. The van der Waals surface area contributed by atoms with Crippen molar-refractivity contribution in [1.82, 2.24) is 114 Å². The first-order valence-electron chi connectivity index (χ1n) is 51.1. The third-order valence-corrected chi connectivity index (χ3v) is 27.0. The summed E-state index contributed by atoms with van der Waals surface area (Å²) in [6.45, 7) is 8.15. The molecule has 15 amide bonds. The fourth-order valence-corrected chi connectivity index (χ4v) is 19.3. The summed E-state index contributed by atoms with van der Waals surface area (Å²) in [5, 5.41) is 108. The lowest BCUT2D eigenvalue weighted by Crippen LogP contribution is -2.61. The molecule has 6 aliphatic rings. The van der Waals surface area contributed by atoms with E-state index in [2.05, 4.69) is 85.1 Å². The van der Waals surface area contributed by atoms with E-state index >= 15 is 43.2 Å². The van der Waals surface area contributed by atoms with Crippen molar-refractivity contribution in [2.45, 2.75) is 311 Å². The van der Waals surface area contributed by atoms with Crippen LogP contribution >= 0.6 is 0 Å². The summed E-state index contributed by atoms with van der Waals surface area (Å²) in [5.41, 5.74) is 45.7. The maximum atomic E-state index is 15.4. The van der Waals surface area contributed by atoms with Crippen molar-refractivity contribution in [3.8, 4) is 0 Å². The molecule has 6 fully saturated rings. The number of guanidine groups is 7. The number of nitrogens with one attached hydrogen (secondary N) is 23. The van der Waals surface area contributed by atoms with Gasteiger partial charge in [-0.15, -0.1) is 0 Å². The molecule has 0 radical (unpaired) electrons. The molecule has 17 atom stereocenters. The van der Waals surface area contributed by atoms with Crippen LogP contribution in [0.4, 0.5) is 0 Å². The Kier molecular flexibility index (Phi) is 49.2. The van der Waals surface area contributed by atoms with Crippen LogP contribution in [0.1, 0.15) is 213 Å². The Morgan fingerprint density at radius 3 is 0.946 bits per heavy atom. The molecule has 54 nitrogen and oxygen atoms in total. The number of benzene rings is 1. The van der Waals surface area contributed by atoms with Gasteiger partial charge in [0.05, 0.1) is 6.04 Å². The zero-order valence-electron chi connectivity index (χ0n) is 84.8. The topological polar surface area (TPSA) is 880 Å². The summed E-state index contributed by atoms with van der Waals surface area (Å²) < 4.78 is 0. The lowest BCUT2D eigenvalue weighted by Gasteiger charge is -2.34. The van der Waals surface area contributed by atoms with Gasteiger partial charge in [-0.05, 0) is 191 Å². The highest BCUT2D eigenvalue weighted by molar-refractivity contribution is 6.02. The van der Waals surface area contributed by atoms with Crippen LogP contribution in [0.2, 0.25) is 0 Å². The van der Waals surface area contributed by atoms with E-state index in [1.807, 2.05) is 0 Å². The van der Waals surface area contributed by atoms with Crippen molar-refractivity contribution in [1.29, 1.82) is 37.9 Å². The second-order valence-corrected chi connectivity index (χ2v) is 38.6. The first-order valence-corrected chi connectivity index (χ1v) is 51.1. The van der Waals surface area contributed by atoms with Crippen LogP contribution in [0, 0.1) is 49.7 Å². The van der Waals surface area contributed by atoms with Gasteiger partial charge < -0.3 is 165 Å². The number of nitrogens with zero attached hydrogens (tertiary/aromatic N) is 6. The summed E-state index contributed by atoms with van der Waals surface area (Å²) in [7, 11) is 0. The number of hydrogen-bond donors (Lipinski definition) is 32. The Labute approximate surface area is 855 Å². The van der Waals surface area contributed by atoms with Gasteiger partial charge in [-0.1, -0.05) is 64.4 Å². The molecule has 54 heteroatoms. The molecule has 0 aliphatic carbocycles. The normalized spacial score (nSPS) is 19.6. The molecule has 0 aromatic heterocycles. The first-order chi connectivity index (χ1) is 69.9. The smallest absolute Gasteiger partial charge is 0.326 e. The van der Waals surface area contributed by atoms with Gasteiger partial charge in [-0.3, -0.25) is 110 Å². The van der Waals surface area contributed by atoms with Crippen LogP contribution in [0.5, 0.6) is 0 Å². The second-order valence-electron chi connectivity index (χ2n) is 38.6. The highest BCUT2D eigenvalue weighted by Crippen LogP contribution is 2.31. The van der Waals surface area contributed by atoms with Crippen LogP contribution in [-0.2, 0) is 83.1 Å². The highest BCUT2D eigenvalue weighted by Gasteiger charge is 2.49. The van der Waals surface area contributed by atoms with Crippen LogP contribution in [0.3, 0.4) is 0 Å². The van der Waals surface area contributed by atoms with Crippen molar-refractivity contribution in [3.63, 3.8) is 0 Å². The number of rotatable bonds is 59. The molecule has 6 saturated heterocycles. The van der Waals surface area contributed by atoms with Gasteiger partial charge in [0.25, 0.3) is 0 Å². The van der Waals surface area contributed by atoms with E-state index < -0.39 is 197 Å². The zero-order chi connectivity index (χ0) is 108. The fraction of sp³-hybridized carbons (Fsp3) is 0.688. The van der Waals surface area contributed by atoms with Crippen molar-refractivity contribution in [2.75, 3.05) is 85.1 Å². The first kappa shape index (κ1) is 120. The highest BCUT2D eigenvalue weighted by atomic mass is 16.4. The summed E-state index contributed by atoms with van der Waals surface area (Å²) in [4.78, 5) is 243. The Morgan fingerprint density at radius 2 is 0.592 bits per heavy atom. The standard InChI is InChI=1S/C93H159N37O17/c1-5-53(4)70(124-73(133)57(26-11-39-111-89(99)100)116-71(131)55(94)24-9-37-109-87(95)96)79(139)120-60(29-14-42-114-92(105)106)81(141)125-44-16-31-64(125)75(135)119-59(28-13-41-113-91(103)104)82(142)130-49-21-36-69(130)85(145)129-48-20-35-68(129)74(134)117-56(25-10-38-110-88(97)98)72(132)122-62(50-52(2)3)83(143)127-46-18-32-65(127)76(136)118-58(27-12-40-112-90(101)102)80(140)126-45-17-34-67(126)78(138)123-63(51-54-22-7-6-8-23-54)84(144)128-47-19-33-66(128)77(137)121-61(86(146)147)30-15-43-115-93(107)108/h6-8,22-23,52-53,55-70H,5,9-21,24-51,94H2,1-4H3,(H,116,131)(H,117,134)(H,118,136)(H,119,135)(H,120,139)(H,121,137)(H,122,132)(H,123,138)(H,124,133)(H,146,147)(H4,95,96,109)(H4,97,98,110)(H4,99,100,111)(H4,101,102,112)(H4,103,104,113)(H4,105,106,114)(H4,107,108,115)/t53-,55-,56-,57-,58-,59-,60-,61-,62-,63-,64-,65-,66-,67-,68-,69-,70-/m0/s1. The van der Waals surface area contributed by atoms with E-state index in [1.165, 1.54) is 29.4 Å². The van der Waals surface area contributed by atoms with Gasteiger partial charge in [0, 0.05) is 91.5 Å². The average Bonchev–Trinajstić information content (AvgIpc) is 1.67. The molecule has 0 bridgehead atoms. The van der Waals surface area contributed by atoms with Gasteiger partial charge in [-0.25, -0.2) is 4.79 Å². The maximum Gasteiger partial charge on any atom is 0.326 e. The second kappa shape index (κ2) is 60.5. The summed E-state index contributed by atoms with van der Waals surface area (Å²) >= 11 is 0. The average molecular weight is 2070 g/mol. The number of carboxylic acids is 1. The van der Waals surface area contributed by atoms with E-state index in [9.17, 15) is 38.7 Å². The van der Waals surface area contributed by atoms with E-state index in [1.54, 1.807) is 58.0 Å². The third kappa shape index (κ3) is 38.2. The maximum absolute atomic E-state index is 15.4. The number of carboxylic acid groups (broad SMARTS) is 1. The molecule has 7 rings (SSSR count). The number of hydrogen-bond acceptors (Lipinski definition) is 24. The minimum atomic E-state index is -1.41. The Hall–Kier alpha value is -14.4. The van der Waals surface area contributed by atoms with Gasteiger partial charge >= 0.3 is 5.97 Å². The summed E-state index contributed by atoms with van der Waals surface area (Å²) in [5.74, 6) is -15.3. The number of carbonyl (C=O) groups is 16. The van der Waals surface area contributed by atoms with E-state index in [4.69, 9.17) is 83.7 Å². The van der Waals surface area contributed by atoms with Gasteiger partial charge in [0.15, 0.2) is 41.7 Å². The molecular weight excluding hydrogens is 1910 g/mol. The number of carbonyl (C=O) groups excluding carboxylic acids is 15. The molecule has 40 N–H and O–H groups in total. The largest absolute Gasteiger partial charge is 0.480 e. The number of aliphatic carboxylic acids is 1. The van der Waals surface area contributed by atoms with Crippen LogP contribution in [-0.4, -0.2) is 353 Å². The fourth-order valence-electron chi connectivity index (χ4n) is 19.3. The van der Waals surface area contributed by atoms with E-state index in [0.717, 1.165) is 0 Å². The van der Waals surface area contributed by atoms with Gasteiger partial charge in [0.1, 0.15) is 90.6 Å². The Morgan fingerprint density at radius 1 is 0.327 bits per heavy atom. The molecule has 1 aromatic rings. The molecule has 0 unspecified atom stereocenters. The summed E-state index contributed by atoms with van der Waals surface area (Å²) in [6, 6.07) is -11.5. The molecule has 1 aromatic carbocycles. The molecule has 147 heavy (non-hydrogen) atoms. The molecule has 6 aliphatic heterocycles. The quantitative estimate of drug-likeness (QED) is 0.0164. The Bertz CT molecular complexity index is 4750. The van der Waals surface area contributed by atoms with Crippen LogP contribution in [0.15, 0.2) is 30.3 Å². The van der Waals surface area contributed by atoms with Crippen LogP contribution in [0.25, 0.3) is 0 Å². The van der Waals surface area contributed by atoms with Gasteiger partial charge in [-0.2, -0.15) is 0 Å². The van der Waals surface area contributed by atoms with E-state index in [0.29, 0.717) is 50.5 Å². The SMILES string of the molecule is CC[C@H](C)[C@H](NC(=O)[C@H](CCCNC(=N)N)NC(=O)[C@@H](N)CCCNC(=N)N)C(=O)N[C@@H](CCCNC(=N)N)C(=O)N1CCC[C@H]1C(=O)N[C@@H](CCCNC(=N)N)C(=O)N1CCC[C@H]1C(=O)N1CCC[C@H]1C(=O)N[C@@H](CCCNC(=N)N)C(=O)N[C@@H](CC(C)C)C(=O)N1CCC[C@H]1C(=O)N[C@@H](CCCNC(=N)N)C(=O)N1CCC[C@H]1C(=O)N[C@@H](Cc1ccccc1)C(=O)N1CCC[C@H]1C(=O)N[C@@H](CCCNC(=N)N)C(=O)O. The minimum Gasteiger partial charge on any atom is -0.480 e. The van der Waals surface area contributed by atoms with Gasteiger partial charge in [0.2, 0.25) is 88.6 Å². The number of amides is 15. The van der Waals surface area contributed by atoms with E-state index in [-0.39, 0.29) is 274 Å². The number of nitrogens with two attached hydrogens (primary N) is 8. The third-order valence-electron chi connectivity index (χ3n) is 27.0. The lowest BCUT2D eigenvalue weighted by molar-refractivity contribution is -0.148. The van der Waals surface area contributed by atoms with Crippen molar-refractivity contribution in [2.24, 2.45) is 57.7 Å².